The van der Waals surface area contributed by atoms with Crippen LogP contribution >= 0.6 is 0 Å². The number of fused-ring (bicyclic) bond motifs is 3. The van der Waals surface area contributed by atoms with Crippen LogP contribution in [0.15, 0.2) is 24.3 Å². The Morgan fingerprint density at radius 1 is 1.17 bits per heavy atom. The lowest BCUT2D eigenvalue weighted by Gasteiger charge is -2.04. The number of aromatic carboxylic acids is 1. The predicted octanol–water partition coefficient (Wildman–Crippen LogP) is 2.68. The van der Waals surface area contributed by atoms with E-state index in [0.717, 1.165) is 21.9 Å². The van der Waals surface area contributed by atoms with Crippen LogP contribution in [0.4, 0.5) is 0 Å². The van der Waals surface area contributed by atoms with Gasteiger partial charge in [-0.15, -0.1) is 0 Å². The van der Waals surface area contributed by atoms with E-state index in [4.69, 9.17) is 0 Å². The van der Waals surface area contributed by atoms with Gasteiger partial charge in [-0.2, -0.15) is 0 Å². The van der Waals surface area contributed by atoms with Crippen LogP contribution in [0.5, 0.6) is 0 Å². The van der Waals surface area contributed by atoms with Crippen molar-refractivity contribution in [1.82, 2.24) is 9.13 Å². The SMILES string of the molecule is Cc1cccc2c3cc(C(=O)O)n(C)c3n(C)c12. The lowest BCUT2D eigenvalue weighted by Crippen LogP contribution is -2.06. The molecule has 0 aliphatic heterocycles. The summed E-state index contributed by atoms with van der Waals surface area (Å²) in [6.45, 7) is 2.07. The molecule has 2 aromatic heterocycles. The molecule has 92 valence electrons. The van der Waals surface area contributed by atoms with E-state index in [0.29, 0.717) is 5.69 Å². The van der Waals surface area contributed by atoms with E-state index < -0.39 is 5.97 Å². The molecule has 0 spiro atoms. The molecule has 3 rings (SSSR count). The first-order chi connectivity index (χ1) is 8.52. The Morgan fingerprint density at radius 3 is 2.56 bits per heavy atom. The number of hydrogen-bond acceptors (Lipinski definition) is 1. The smallest absolute Gasteiger partial charge is 0.352 e. The van der Waals surface area contributed by atoms with Crippen LogP contribution in [0.25, 0.3) is 21.9 Å². The molecule has 0 atom stereocenters. The van der Waals surface area contributed by atoms with E-state index >= 15 is 0 Å². The lowest BCUT2D eigenvalue weighted by molar-refractivity contribution is 0.0687. The standard InChI is InChI=1S/C14H14N2O2/c1-8-5-4-6-9-10-7-11(14(17)18)15(2)13(10)16(3)12(8)9/h4-7H,1-3H3,(H,17,18). The van der Waals surface area contributed by atoms with Gasteiger partial charge in [-0.3, -0.25) is 0 Å². The first kappa shape index (κ1) is 10.9. The molecule has 0 amide bonds. The predicted molar refractivity (Wildman–Crippen MR) is 71.1 cm³/mol. The summed E-state index contributed by atoms with van der Waals surface area (Å²) < 4.78 is 3.80. The van der Waals surface area contributed by atoms with Gasteiger partial charge in [0.15, 0.2) is 0 Å². The lowest BCUT2D eigenvalue weighted by atomic mass is 10.1. The quantitative estimate of drug-likeness (QED) is 0.713. The highest BCUT2D eigenvalue weighted by molar-refractivity contribution is 6.10. The normalized spacial score (nSPS) is 11.5. The maximum absolute atomic E-state index is 11.2. The first-order valence-electron chi connectivity index (χ1n) is 5.79. The number of carboxylic acid groups (broad SMARTS) is 1. The molecule has 0 bridgehead atoms. The zero-order chi connectivity index (χ0) is 13.0. The van der Waals surface area contributed by atoms with Crippen LogP contribution < -0.4 is 0 Å². The Kier molecular flexibility index (Phi) is 2.05. The van der Waals surface area contributed by atoms with Crippen molar-refractivity contribution in [3.8, 4) is 0 Å². The maximum atomic E-state index is 11.2. The second-order valence-corrected chi connectivity index (χ2v) is 4.66. The van der Waals surface area contributed by atoms with Crippen molar-refractivity contribution in [2.75, 3.05) is 0 Å². The Balaban J connectivity index is 2.57. The molecule has 18 heavy (non-hydrogen) atoms. The van der Waals surface area contributed by atoms with Gasteiger partial charge in [-0.05, 0) is 18.6 Å². The van der Waals surface area contributed by atoms with Crippen LogP contribution in [0.1, 0.15) is 16.1 Å². The van der Waals surface area contributed by atoms with Crippen LogP contribution in [0.2, 0.25) is 0 Å². The minimum Gasteiger partial charge on any atom is -0.477 e. The van der Waals surface area contributed by atoms with Crippen molar-refractivity contribution in [2.45, 2.75) is 6.92 Å². The monoisotopic (exact) mass is 242 g/mol. The zero-order valence-corrected chi connectivity index (χ0v) is 10.6. The van der Waals surface area contributed by atoms with Crippen molar-refractivity contribution in [3.63, 3.8) is 0 Å². The number of hydrogen-bond donors (Lipinski definition) is 1. The minimum atomic E-state index is -0.894. The summed E-state index contributed by atoms with van der Waals surface area (Å²) in [4.78, 5) is 11.2. The number of para-hydroxylation sites is 1. The highest BCUT2D eigenvalue weighted by Gasteiger charge is 2.18. The fourth-order valence-corrected chi connectivity index (χ4v) is 2.83. The molecule has 1 aromatic carbocycles. The third kappa shape index (κ3) is 1.17. The molecule has 0 saturated carbocycles. The summed E-state index contributed by atoms with van der Waals surface area (Å²) in [7, 11) is 3.77. The molecule has 0 unspecified atom stereocenters. The van der Waals surface area contributed by atoms with Gasteiger partial charge in [0.05, 0.1) is 5.52 Å². The number of carbonyl (C=O) groups is 1. The number of nitrogens with zero attached hydrogens (tertiary/aromatic N) is 2. The maximum Gasteiger partial charge on any atom is 0.352 e. The molecular formula is C14H14N2O2. The molecule has 1 N–H and O–H groups in total. The molecule has 0 aliphatic rings. The topological polar surface area (TPSA) is 47.2 Å². The van der Waals surface area contributed by atoms with E-state index in [1.165, 1.54) is 5.56 Å². The zero-order valence-electron chi connectivity index (χ0n) is 10.6. The highest BCUT2D eigenvalue weighted by atomic mass is 16.4. The van der Waals surface area contributed by atoms with Gasteiger partial charge in [0, 0.05) is 24.9 Å². The summed E-state index contributed by atoms with van der Waals surface area (Å²) in [5, 5.41) is 11.3. The number of carboxylic acids is 1. The second-order valence-electron chi connectivity index (χ2n) is 4.66. The van der Waals surface area contributed by atoms with Crippen LogP contribution in [0, 0.1) is 6.92 Å². The summed E-state index contributed by atoms with van der Waals surface area (Å²) in [5.41, 5.74) is 3.62. The largest absolute Gasteiger partial charge is 0.477 e. The molecule has 4 nitrogen and oxygen atoms in total. The van der Waals surface area contributed by atoms with Crippen LogP contribution in [0.3, 0.4) is 0 Å². The Labute approximate surface area is 104 Å². The van der Waals surface area contributed by atoms with Crippen LogP contribution in [-0.2, 0) is 14.1 Å². The first-order valence-corrected chi connectivity index (χ1v) is 5.79. The van der Waals surface area contributed by atoms with Crippen molar-refractivity contribution in [3.05, 3.63) is 35.5 Å². The molecule has 3 aromatic rings. The van der Waals surface area contributed by atoms with Crippen molar-refractivity contribution in [1.29, 1.82) is 0 Å². The number of aromatic nitrogens is 2. The summed E-state index contributed by atoms with van der Waals surface area (Å²) in [6, 6.07) is 7.86. The number of aryl methyl sites for hydroxylation is 3. The highest BCUT2D eigenvalue weighted by Crippen LogP contribution is 2.31. The van der Waals surface area contributed by atoms with Crippen molar-refractivity contribution >= 4 is 27.9 Å². The molecular weight excluding hydrogens is 228 g/mol. The molecule has 0 radical (unpaired) electrons. The summed E-state index contributed by atoms with van der Waals surface area (Å²) in [6.07, 6.45) is 0. The van der Waals surface area contributed by atoms with Gasteiger partial charge >= 0.3 is 5.97 Å². The van der Waals surface area contributed by atoms with E-state index in [1.807, 2.05) is 19.2 Å². The Morgan fingerprint density at radius 2 is 1.89 bits per heavy atom. The average Bonchev–Trinajstić information content (AvgIpc) is 2.78. The fraction of sp³-hybridized carbons (Fsp3) is 0.214. The molecule has 2 heterocycles. The van der Waals surface area contributed by atoms with E-state index in [2.05, 4.69) is 17.6 Å². The third-order valence-corrected chi connectivity index (χ3v) is 3.60. The van der Waals surface area contributed by atoms with Gasteiger partial charge in [0.1, 0.15) is 11.3 Å². The fourth-order valence-electron chi connectivity index (χ4n) is 2.83. The van der Waals surface area contributed by atoms with Crippen molar-refractivity contribution in [2.24, 2.45) is 14.1 Å². The Bertz CT molecular complexity index is 793. The minimum absolute atomic E-state index is 0.319. The molecule has 0 fully saturated rings. The van der Waals surface area contributed by atoms with E-state index in [9.17, 15) is 9.90 Å². The Hall–Kier alpha value is -2.23. The van der Waals surface area contributed by atoms with Crippen LogP contribution in [-0.4, -0.2) is 20.2 Å². The number of benzene rings is 1. The van der Waals surface area contributed by atoms with Gasteiger partial charge in [0.2, 0.25) is 0 Å². The van der Waals surface area contributed by atoms with Gasteiger partial charge < -0.3 is 14.2 Å². The molecule has 4 heteroatoms. The number of rotatable bonds is 1. The summed E-state index contributed by atoms with van der Waals surface area (Å²) >= 11 is 0. The third-order valence-electron chi connectivity index (χ3n) is 3.60. The van der Waals surface area contributed by atoms with E-state index in [-0.39, 0.29) is 0 Å². The van der Waals surface area contributed by atoms with Gasteiger partial charge in [0.25, 0.3) is 0 Å². The van der Waals surface area contributed by atoms with Gasteiger partial charge in [-0.25, -0.2) is 4.79 Å². The average molecular weight is 242 g/mol. The van der Waals surface area contributed by atoms with Gasteiger partial charge in [-0.1, -0.05) is 18.2 Å². The molecule has 0 aliphatic carbocycles. The molecule has 0 saturated heterocycles. The summed E-state index contributed by atoms with van der Waals surface area (Å²) in [5.74, 6) is -0.894. The van der Waals surface area contributed by atoms with E-state index in [1.54, 1.807) is 17.7 Å². The second kappa shape index (κ2) is 3.38. The van der Waals surface area contributed by atoms with Crippen molar-refractivity contribution < 1.29 is 9.90 Å².